The van der Waals surface area contributed by atoms with Gasteiger partial charge in [-0.3, -0.25) is 4.79 Å². The highest BCUT2D eigenvalue weighted by molar-refractivity contribution is 7.89. The quantitative estimate of drug-likeness (QED) is 0.466. The Bertz CT molecular complexity index is 913. The lowest BCUT2D eigenvalue weighted by atomic mass is 9.99. The number of benzene rings is 1. The van der Waals surface area contributed by atoms with Crippen molar-refractivity contribution >= 4 is 15.9 Å². The molecule has 0 saturated heterocycles. The number of carbonyl (C=O) groups is 1. The van der Waals surface area contributed by atoms with Gasteiger partial charge in [0, 0.05) is 18.6 Å². The first kappa shape index (κ1) is 24.4. The van der Waals surface area contributed by atoms with Crippen LogP contribution in [0.5, 0.6) is 0 Å². The molecular weight excluding hydrogens is 398 g/mol. The predicted molar refractivity (Wildman–Crippen MR) is 120 cm³/mol. The van der Waals surface area contributed by atoms with Gasteiger partial charge in [0.2, 0.25) is 0 Å². The molecule has 30 heavy (non-hydrogen) atoms. The van der Waals surface area contributed by atoms with Crippen LogP contribution in [0, 0.1) is 12.8 Å². The fraction of sp³-hybridized carbons (Fsp3) is 0.542. The zero-order valence-electron chi connectivity index (χ0n) is 19.1. The van der Waals surface area contributed by atoms with E-state index in [1.807, 2.05) is 33.8 Å². The Balaban J connectivity index is 2.44. The molecule has 0 saturated carbocycles. The van der Waals surface area contributed by atoms with Crippen molar-refractivity contribution in [1.82, 2.24) is 4.31 Å². The van der Waals surface area contributed by atoms with E-state index in [1.54, 1.807) is 18.2 Å². The maximum Gasteiger partial charge on any atom is 0.270 e. The summed E-state index contributed by atoms with van der Waals surface area (Å²) in [5.41, 5.74) is 1.03. The second-order valence-corrected chi connectivity index (χ2v) is 10.2. The van der Waals surface area contributed by atoms with E-state index in [-0.39, 0.29) is 10.8 Å². The summed E-state index contributed by atoms with van der Waals surface area (Å²) in [4.78, 5) is 13.4. The average Bonchev–Trinajstić information content (AvgIpc) is 2.99. The van der Waals surface area contributed by atoms with E-state index in [4.69, 9.17) is 4.74 Å². The van der Waals surface area contributed by atoms with E-state index < -0.39 is 21.7 Å². The summed E-state index contributed by atoms with van der Waals surface area (Å²) in [5, 5.41) is 0. The van der Waals surface area contributed by atoms with Crippen molar-refractivity contribution in [2.45, 2.75) is 77.3 Å². The number of rotatable bonds is 10. The minimum Gasteiger partial charge on any atom is -0.354 e. The van der Waals surface area contributed by atoms with Crippen LogP contribution < -0.4 is 0 Å². The molecule has 1 aliphatic rings. The molecular formula is C24H35NO4S. The maximum absolute atomic E-state index is 13.5. The summed E-state index contributed by atoms with van der Waals surface area (Å²) >= 11 is 0. The van der Waals surface area contributed by atoms with Crippen molar-refractivity contribution in [3.63, 3.8) is 0 Å². The van der Waals surface area contributed by atoms with Gasteiger partial charge in [0.15, 0.2) is 5.72 Å². The molecule has 0 fully saturated rings. The molecule has 0 aromatic heterocycles. The first-order valence-corrected chi connectivity index (χ1v) is 12.2. The van der Waals surface area contributed by atoms with Crippen LogP contribution >= 0.6 is 0 Å². The highest BCUT2D eigenvalue weighted by Crippen LogP contribution is 2.40. The van der Waals surface area contributed by atoms with Gasteiger partial charge in [-0.25, -0.2) is 8.42 Å². The summed E-state index contributed by atoms with van der Waals surface area (Å²) in [5.74, 6) is -0.804. The average molecular weight is 434 g/mol. The lowest BCUT2D eigenvalue weighted by molar-refractivity contribution is -0.139. The number of amides is 1. The highest BCUT2D eigenvalue weighted by Gasteiger charge is 2.53. The predicted octanol–water partition coefficient (Wildman–Crippen LogP) is 5.37. The van der Waals surface area contributed by atoms with Crippen molar-refractivity contribution in [3.05, 3.63) is 53.1 Å². The third-order valence-corrected chi connectivity index (χ3v) is 7.45. The van der Waals surface area contributed by atoms with Crippen LogP contribution in [-0.2, 0) is 19.6 Å². The van der Waals surface area contributed by atoms with Crippen LogP contribution in [0.4, 0.5) is 0 Å². The van der Waals surface area contributed by atoms with Gasteiger partial charge in [-0.1, -0.05) is 69.4 Å². The zero-order chi connectivity index (χ0) is 22.5. The number of nitrogens with zero attached hydrogens (tertiary/aromatic N) is 1. The summed E-state index contributed by atoms with van der Waals surface area (Å²) in [6.07, 6.45) is 8.94. The van der Waals surface area contributed by atoms with Crippen molar-refractivity contribution in [1.29, 1.82) is 0 Å². The lowest BCUT2D eigenvalue weighted by Gasteiger charge is -2.38. The summed E-state index contributed by atoms with van der Waals surface area (Å²) < 4.78 is 33.6. The minimum absolute atomic E-state index is 0.0819. The summed E-state index contributed by atoms with van der Waals surface area (Å²) in [7, 11) is -2.63. The number of allylic oxidation sites excluding steroid dienone is 1. The number of sulfonamides is 1. The third-order valence-electron chi connectivity index (χ3n) is 5.65. The van der Waals surface area contributed by atoms with Gasteiger partial charge in [-0.2, -0.15) is 4.31 Å². The Morgan fingerprint density at radius 2 is 1.80 bits per heavy atom. The van der Waals surface area contributed by atoms with E-state index in [9.17, 15) is 13.2 Å². The van der Waals surface area contributed by atoms with Gasteiger partial charge in [-0.05, 0) is 44.9 Å². The van der Waals surface area contributed by atoms with Crippen molar-refractivity contribution < 1.29 is 17.9 Å². The van der Waals surface area contributed by atoms with E-state index in [0.29, 0.717) is 5.57 Å². The van der Waals surface area contributed by atoms with Crippen LogP contribution in [0.2, 0.25) is 0 Å². The summed E-state index contributed by atoms with van der Waals surface area (Å²) in [6, 6.07) is 6.52. The molecule has 0 spiro atoms. The van der Waals surface area contributed by atoms with Gasteiger partial charge in [-0.15, -0.1) is 0 Å². The molecule has 0 radical (unpaired) electrons. The van der Waals surface area contributed by atoms with Crippen molar-refractivity contribution in [3.8, 4) is 0 Å². The first-order chi connectivity index (χ1) is 14.1. The van der Waals surface area contributed by atoms with Crippen molar-refractivity contribution in [2.75, 3.05) is 7.11 Å². The second-order valence-electron chi connectivity index (χ2n) is 8.40. The molecule has 0 N–H and O–H groups in total. The van der Waals surface area contributed by atoms with Crippen LogP contribution in [0.3, 0.4) is 0 Å². The number of hydrogen-bond acceptors (Lipinski definition) is 4. The number of unbranched alkanes of at least 4 members (excludes halogenated alkanes) is 3. The van der Waals surface area contributed by atoms with E-state index in [2.05, 4.69) is 6.92 Å². The van der Waals surface area contributed by atoms with Crippen LogP contribution in [0.25, 0.3) is 0 Å². The van der Waals surface area contributed by atoms with Gasteiger partial charge in [0.25, 0.3) is 15.9 Å². The van der Waals surface area contributed by atoms with Crippen LogP contribution in [0.15, 0.2) is 52.5 Å². The molecule has 0 aliphatic carbocycles. The molecule has 2 rings (SSSR count). The fourth-order valence-corrected chi connectivity index (χ4v) is 5.51. The normalized spacial score (nSPS) is 20.2. The number of carbonyl (C=O) groups excluding carboxylic acids is 1. The van der Waals surface area contributed by atoms with Crippen molar-refractivity contribution in [2.24, 2.45) is 5.92 Å². The Hall–Kier alpha value is -1.92. The monoisotopic (exact) mass is 433 g/mol. The molecule has 166 valence electrons. The topological polar surface area (TPSA) is 63.7 Å². The second kappa shape index (κ2) is 9.92. The van der Waals surface area contributed by atoms with Gasteiger partial charge < -0.3 is 4.74 Å². The molecule has 5 nitrogen and oxygen atoms in total. The zero-order valence-corrected chi connectivity index (χ0v) is 19.9. The lowest BCUT2D eigenvalue weighted by Crippen LogP contribution is -2.54. The van der Waals surface area contributed by atoms with Crippen LogP contribution in [-0.4, -0.2) is 31.5 Å². The smallest absolute Gasteiger partial charge is 0.270 e. The number of hydrogen-bond donors (Lipinski definition) is 0. The molecule has 1 aromatic rings. The number of ether oxygens (including phenoxy) is 1. The largest absolute Gasteiger partial charge is 0.354 e. The molecule has 6 heteroatoms. The highest BCUT2D eigenvalue weighted by atomic mass is 32.2. The Labute approximate surface area is 181 Å². The van der Waals surface area contributed by atoms with Gasteiger partial charge >= 0.3 is 0 Å². The Morgan fingerprint density at radius 1 is 1.17 bits per heavy atom. The summed E-state index contributed by atoms with van der Waals surface area (Å²) in [6.45, 7) is 9.76. The molecule has 1 aliphatic heterocycles. The SMILES string of the molecule is CCCCCC/C(C)=C/C1=CC(OC)(C(C)C)N(S(=O)(=O)c2ccc(C)cc2)C1=O. The fourth-order valence-electron chi connectivity index (χ4n) is 3.78. The molecule has 1 amide bonds. The van der Waals surface area contributed by atoms with E-state index in [0.717, 1.165) is 34.7 Å². The molecule has 1 atom stereocenters. The van der Waals surface area contributed by atoms with Gasteiger partial charge in [0.1, 0.15) is 0 Å². The standard InChI is InChI=1S/C24H35NO4S/c1-7-8-9-10-11-20(5)16-21-17-24(29-6,18(2)3)25(23(21)26)30(27,28)22-14-12-19(4)13-15-22/h12-18H,7-11H2,1-6H3/b20-16+. The molecule has 1 unspecified atom stereocenters. The van der Waals surface area contributed by atoms with E-state index in [1.165, 1.54) is 32.1 Å². The molecule has 0 bridgehead atoms. The van der Waals surface area contributed by atoms with E-state index >= 15 is 0 Å². The Kier molecular flexibility index (Phi) is 8.06. The number of methoxy groups -OCH3 is 1. The van der Waals surface area contributed by atoms with Gasteiger partial charge in [0.05, 0.1) is 4.90 Å². The molecule has 1 heterocycles. The van der Waals surface area contributed by atoms with Crippen LogP contribution in [0.1, 0.15) is 65.4 Å². The molecule has 1 aromatic carbocycles. The minimum atomic E-state index is -4.08. The Morgan fingerprint density at radius 3 is 2.33 bits per heavy atom. The number of aryl methyl sites for hydroxylation is 1. The first-order valence-electron chi connectivity index (χ1n) is 10.7. The maximum atomic E-state index is 13.5. The third kappa shape index (κ3) is 4.86.